The maximum Gasteiger partial charge on any atom is 0.228 e. The van der Waals surface area contributed by atoms with Crippen LogP contribution in [0.15, 0.2) is 42.5 Å². The normalized spacial score (nSPS) is 20.7. The minimum atomic E-state index is -0.393. The van der Waals surface area contributed by atoms with Crippen molar-refractivity contribution in [3.8, 4) is 17.2 Å². The smallest absolute Gasteiger partial charge is 0.228 e. The molecule has 3 aliphatic rings. The Balaban J connectivity index is 1.19. The molecule has 8 heteroatoms. The topological polar surface area (TPSA) is 96.4 Å². The van der Waals surface area contributed by atoms with Crippen LogP contribution in [0.4, 0.5) is 5.69 Å². The van der Waals surface area contributed by atoms with Crippen LogP contribution in [-0.2, 0) is 9.59 Å². The zero-order valence-corrected chi connectivity index (χ0v) is 18.2. The van der Waals surface area contributed by atoms with E-state index in [9.17, 15) is 19.5 Å². The van der Waals surface area contributed by atoms with Crippen molar-refractivity contribution in [1.82, 2.24) is 4.90 Å². The largest absolute Gasteiger partial charge is 0.508 e. The second kappa shape index (κ2) is 8.77. The minimum Gasteiger partial charge on any atom is -0.508 e. The van der Waals surface area contributed by atoms with E-state index in [-0.39, 0.29) is 35.7 Å². The van der Waals surface area contributed by atoms with Crippen LogP contribution in [0.1, 0.15) is 29.6 Å². The molecule has 3 aliphatic heterocycles. The lowest BCUT2D eigenvalue weighted by atomic mass is 9.88. The van der Waals surface area contributed by atoms with Gasteiger partial charge in [-0.05, 0) is 49.2 Å². The Morgan fingerprint density at radius 3 is 2.33 bits per heavy atom. The Kier molecular flexibility index (Phi) is 5.66. The van der Waals surface area contributed by atoms with Crippen LogP contribution in [0.25, 0.3) is 0 Å². The number of phenolic OH excluding ortho intramolecular Hbond substituents is 1. The van der Waals surface area contributed by atoms with Crippen LogP contribution in [0.3, 0.4) is 0 Å². The van der Waals surface area contributed by atoms with E-state index in [1.165, 1.54) is 12.1 Å². The highest BCUT2D eigenvalue weighted by Crippen LogP contribution is 2.36. The first-order chi connectivity index (χ1) is 16.0. The van der Waals surface area contributed by atoms with E-state index in [4.69, 9.17) is 9.47 Å². The molecule has 1 unspecified atom stereocenters. The summed E-state index contributed by atoms with van der Waals surface area (Å²) >= 11 is 0. The number of anilines is 1. The highest BCUT2D eigenvalue weighted by atomic mass is 16.6. The van der Waals surface area contributed by atoms with Gasteiger partial charge in [-0.25, -0.2) is 0 Å². The molecular formula is C25H26N2O6. The van der Waals surface area contributed by atoms with Crippen molar-refractivity contribution in [2.45, 2.75) is 19.3 Å². The summed E-state index contributed by atoms with van der Waals surface area (Å²) in [5.41, 5.74) is 1.28. The SMILES string of the molecule is O=C(c1ccc(O)cc1)C1CCN(C(=O)C2CC(=O)N(c3ccc4c(c3)OCCO4)C2)CC1. The maximum atomic E-state index is 13.1. The van der Waals surface area contributed by atoms with E-state index < -0.39 is 5.92 Å². The number of amides is 2. The molecule has 1 atom stereocenters. The first-order valence-corrected chi connectivity index (χ1v) is 11.3. The third kappa shape index (κ3) is 4.25. The quantitative estimate of drug-likeness (QED) is 0.720. The first-order valence-electron chi connectivity index (χ1n) is 11.3. The highest BCUT2D eigenvalue weighted by Gasteiger charge is 2.39. The second-order valence-corrected chi connectivity index (χ2v) is 8.74. The molecule has 5 rings (SSSR count). The summed E-state index contributed by atoms with van der Waals surface area (Å²) in [6, 6.07) is 11.7. The summed E-state index contributed by atoms with van der Waals surface area (Å²) in [5, 5.41) is 9.42. The van der Waals surface area contributed by atoms with Gasteiger partial charge in [-0.2, -0.15) is 0 Å². The molecule has 3 heterocycles. The fourth-order valence-electron chi connectivity index (χ4n) is 4.80. The van der Waals surface area contributed by atoms with E-state index >= 15 is 0 Å². The van der Waals surface area contributed by atoms with Gasteiger partial charge in [0, 0.05) is 49.3 Å². The zero-order chi connectivity index (χ0) is 22.9. The summed E-state index contributed by atoms with van der Waals surface area (Å²) < 4.78 is 11.2. The van der Waals surface area contributed by atoms with Gasteiger partial charge in [0.25, 0.3) is 0 Å². The molecule has 2 amide bonds. The lowest BCUT2D eigenvalue weighted by Crippen LogP contribution is -2.43. The van der Waals surface area contributed by atoms with Crippen molar-refractivity contribution in [2.75, 3.05) is 37.7 Å². The summed E-state index contributed by atoms with van der Waals surface area (Å²) in [4.78, 5) is 42.0. The minimum absolute atomic E-state index is 0.0288. The number of ketones is 1. The second-order valence-electron chi connectivity index (χ2n) is 8.74. The number of ether oxygens (including phenoxy) is 2. The van der Waals surface area contributed by atoms with E-state index in [0.29, 0.717) is 68.4 Å². The molecule has 0 spiro atoms. The van der Waals surface area contributed by atoms with Gasteiger partial charge >= 0.3 is 0 Å². The molecule has 2 saturated heterocycles. The number of rotatable bonds is 4. The lowest BCUT2D eigenvalue weighted by Gasteiger charge is -2.33. The number of hydrogen-bond donors (Lipinski definition) is 1. The van der Waals surface area contributed by atoms with Crippen LogP contribution in [-0.4, -0.2) is 60.5 Å². The van der Waals surface area contributed by atoms with Gasteiger partial charge in [0.05, 0.1) is 5.92 Å². The van der Waals surface area contributed by atoms with Crippen LogP contribution in [0.5, 0.6) is 17.2 Å². The Labute approximate surface area is 191 Å². The number of carbonyl (C=O) groups is 3. The Hall–Kier alpha value is -3.55. The van der Waals surface area contributed by atoms with Crippen LogP contribution < -0.4 is 14.4 Å². The molecule has 172 valence electrons. The average Bonchev–Trinajstić information content (AvgIpc) is 3.25. The van der Waals surface area contributed by atoms with Gasteiger partial charge in [0.1, 0.15) is 19.0 Å². The molecule has 0 aliphatic carbocycles. The van der Waals surface area contributed by atoms with Gasteiger partial charge < -0.3 is 24.4 Å². The van der Waals surface area contributed by atoms with Crippen molar-refractivity contribution in [2.24, 2.45) is 11.8 Å². The monoisotopic (exact) mass is 450 g/mol. The van der Waals surface area contributed by atoms with Crippen molar-refractivity contribution < 1.29 is 29.0 Å². The number of phenols is 1. The molecule has 0 saturated carbocycles. The average molecular weight is 450 g/mol. The van der Waals surface area contributed by atoms with Crippen molar-refractivity contribution >= 4 is 23.3 Å². The third-order valence-corrected chi connectivity index (χ3v) is 6.64. The molecule has 2 aromatic carbocycles. The molecule has 0 aromatic heterocycles. The van der Waals surface area contributed by atoms with E-state index in [2.05, 4.69) is 0 Å². The van der Waals surface area contributed by atoms with Crippen molar-refractivity contribution in [3.63, 3.8) is 0 Å². The maximum absolute atomic E-state index is 13.1. The van der Waals surface area contributed by atoms with E-state index in [1.54, 1.807) is 34.1 Å². The number of piperidine rings is 1. The predicted molar refractivity (Wildman–Crippen MR) is 120 cm³/mol. The molecule has 1 N–H and O–H groups in total. The number of carbonyl (C=O) groups excluding carboxylic acids is 3. The molecule has 0 radical (unpaired) electrons. The number of aromatic hydroxyl groups is 1. The van der Waals surface area contributed by atoms with Gasteiger partial charge in [0.2, 0.25) is 11.8 Å². The van der Waals surface area contributed by atoms with E-state index in [0.717, 1.165) is 0 Å². The van der Waals surface area contributed by atoms with Gasteiger partial charge in [-0.3, -0.25) is 14.4 Å². The molecule has 2 aromatic rings. The van der Waals surface area contributed by atoms with Crippen molar-refractivity contribution in [3.05, 3.63) is 48.0 Å². The summed E-state index contributed by atoms with van der Waals surface area (Å²) in [5.74, 6) is 0.802. The zero-order valence-electron chi connectivity index (χ0n) is 18.2. The molecule has 8 nitrogen and oxygen atoms in total. The first kappa shape index (κ1) is 21.3. The Morgan fingerprint density at radius 1 is 0.909 bits per heavy atom. The number of Topliss-reactive ketones (excluding diaryl/α,β-unsaturated/α-hetero) is 1. The molecular weight excluding hydrogens is 424 g/mol. The van der Waals surface area contributed by atoms with Crippen molar-refractivity contribution in [1.29, 1.82) is 0 Å². The van der Waals surface area contributed by atoms with E-state index in [1.807, 2.05) is 6.07 Å². The van der Waals surface area contributed by atoms with Crippen LogP contribution >= 0.6 is 0 Å². The summed E-state index contributed by atoms with van der Waals surface area (Å²) in [7, 11) is 0. The van der Waals surface area contributed by atoms with Crippen LogP contribution in [0.2, 0.25) is 0 Å². The number of nitrogens with zero attached hydrogens (tertiary/aromatic N) is 2. The number of benzene rings is 2. The fourth-order valence-corrected chi connectivity index (χ4v) is 4.80. The Bertz CT molecular complexity index is 1070. The predicted octanol–water partition coefficient (Wildman–Crippen LogP) is 2.64. The summed E-state index contributed by atoms with van der Waals surface area (Å²) in [6.45, 7) is 2.31. The van der Waals surface area contributed by atoms with Gasteiger partial charge in [-0.1, -0.05) is 0 Å². The van der Waals surface area contributed by atoms with Gasteiger partial charge in [0.15, 0.2) is 17.3 Å². The van der Waals surface area contributed by atoms with Gasteiger partial charge in [-0.15, -0.1) is 0 Å². The summed E-state index contributed by atoms with van der Waals surface area (Å²) in [6.07, 6.45) is 1.37. The molecule has 33 heavy (non-hydrogen) atoms. The molecule has 0 bridgehead atoms. The fraction of sp³-hybridized carbons (Fsp3) is 0.400. The lowest BCUT2D eigenvalue weighted by molar-refractivity contribution is -0.137. The van der Waals surface area contributed by atoms with Crippen LogP contribution in [0, 0.1) is 11.8 Å². The third-order valence-electron chi connectivity index (χ3n) is 6.64. The number of hydrogen-bond acceptors (Lipinski definition) is 6. The molecule has 2 fully saturated rings. The Morgan fingerprint density at radius 2 is 1.61 bits per heavy atom. The number of likely N-dealkylation sites (tertiary alicyclic amines) is 1. The standard InChI is InChI=1S/C25H26N2O6/c28-20-4-1-16(2-5-20)24(30)17-7-9-26(10-8-17)25(31)18-13-23(29)27(15-18)19-3-6-21-22(14-19)33-12-11-32-21/h1-6,14,17-18,28H,7-13,15H2. The highest BCUT2D eigenvalue weighted by molar-refractivity contribution is 6.01. The number of fused-ring (bicyclic) bond motifs is 1.